The SMILES string of the molecule is Cc1cc([C@H](C)c2ccccc2)c(N2C=CN(c3c([C@H](C)c4ccccc4)cc(C)cc3[C@H](C)c3ccccc3)C2)c([C@H](C)c2ccccc2)c1. The van der Waals surface area contributed by atoms with E-state index >= 15 is 0 Å². The molecule has 6 aromatic rings. The zero-order chi connectivity index (χ0) is 35.5. The Balaban J connectivity index is 1.37. The van der Waals surface area contributed by atoms with Gasteiger partial charge in [0.1, 0.15) is 0 Å². The summed E-state index contributed by atoms with van der Waals surface area (Å²) in [6.45, 7) is 14.7. The Labute approximate surface area is 305 Å². The highest BCUT2D eigenvalue weighted by Crippen LogP contribution is 2.45. The van der Waals surface area contributed by atoms with E-state index in [0.717, 1.165) is 6.67 Å². The summed E-state index contributed by atoms with van der Waals surface area (Å²) in [5.41, 5.74) is 16.0. The van der Waals surface area contributed by atoms with E-state index in [1.807, 2.05) is 0 Å². The lowest BCUT2D eigenvalue weighted by molar-refractivity contribution is 0.838. The highest BCUT2D eigenvalue weighted by Gasteiger charge is 2.30. The van der Waals surface area contributed by atoms with Gasteiger partial charge in [0, 0.05) is 47.4 Å². The maximum Gasteiger partial charge on any atom is 0.0989 e. The van der Waals surface area contributed by atoms with Crippen LogP contribution >= 0.6 is 0 Å². The third-order valence-electron chi connectivity index (χ3n) is 11.0. The van der Waals surface area contributed by atoms with E-state index < -0.39 is 0 Å². The average Bonchev–Trinajstić information content (AvgIpc) is 3.66. The summed E-state index contributed by atoms with van der Waals surface area (Å²) < 4.78 is 0. The Morgan fingerprint density at radius 3 is 0.843 bits per heavy atom. The van der Waals surface area contributed by atoms with E-state index in [9.17, 15) is 0 Å². The molecule has 0 aromatic heterocycles. The van der Waals surface area contributed by atoms with Gasteiger partial charge >= 0.3 is 0 Å². The summed E-state index contributed by atoms with van der Waals surface area (Å²) in [6.07, 6.45) is 4.64. The predicted molar refractivity (Wildman–Crippen MR) is 217 cm³/mol. The van der Waals surface area contributed by atoms with E-state index in [-0.39, 0.29) is 23.7 Å². The highest BCUT2D eigenvalue weighted by atomic mass is 15.3. The maximum absolute atomic E-state index is 2.51. The van der Waals surface area contributed by atoms with Gasteiger partial charge < -0.3 is 9.80 Å². The van der Waals surface area contributed by atoms with Gasteiger partial charge in [-0.15, -0.1) is 0 Å². The Hall–Kier alpha value is -5.34. The summed E-state index contributed by atoms with van der Waals surface area (Å²) >= 11 is 0. The molecule has 51 heavy (non-hydrogen) atoms. The molecule has 2 heteroatoms. The van der Waals surface area contributed by atoms with E-state index in [1.54, 1.807) is 0 Å². The Morgan fingerprint density at radius 1 is 0.373 bits per heavy atom. The van der Waals surface area contributed by atoms with Gasteiger partial charge in [-0.3, -0.25) is 0 Å². The van der Waals surface area contributed by atoms with Gasteiger partial charge in [-0.1, -0.05) is 184 Å². The minimum absolute atomic E-state index is 0.229. The van der Waals surface area contributed by atoms with Crippen LogP contribution in [0.5, 0.6) is 0 Å². The number of rotatable bonds is 10. The summed E-state index contributed by atoms with van der Waals surface area (Å²) in [7, 11) is 0. The molecule has 0 fully saturated rings. The van der Waals surface area contributed by atoms with E-state index in [4.69, 9.17) is 0 Å². The summed E-state index contributed by atoms with van der Waals surface area (Å²) in [5.74, 6) is 0.915. The smallest absolute Gasteiger partial charge is 0.0989 e. The van der Waals surface area contributed by atoms with Crippen molar-refractivity contribution >= 4 is 11.4 Å². The van der Waals surface area contributed by atoms with Crippen LogP contribution in [0.15, 0.2) is 158 Å². The molecular weight excluding hydrogens is 617 g/mol. The molecule has 0 amide bonds. The van der Waals surface area contributed by atoms with Crippen LogP contribution in [0.4, 0.5) is 11.4 Å². The molecular formula is C49H50N2. The first kappa shape index (κ1) is 34.1. The molecule has 0 N–H and O–H groups in total. The zero-order valence-electron chi connectivity index (χ0n) is 30.9. The van der Waals surface area contributed by atoms with Crippen LogP contribution in [-0.2, 0) is 0 Å². The average molecular weight is 667 g/mol. The number of nitrogens with zero attached hydrogens (tertiary/aromatic N) is 2. The quantitative estimate of drug-likeness (QED) is 0.144. The number of hydrogen-bond acceptors (Lipinski definition) is 2. The monoisotopic (exact) mass is 666 g/mol. The van der Waals surface area contributed by atoms with Crippen LogP contribution in [0.25, 0.3) is 0 Å². The molecule has 6 aromatic carbocycles. The number of anilines is 2. The largest absolute Gasteiger partial charge is 0.327 e. The number of benzene rings is 6. The van der Waals surface area contributed by atoms with Crippen LogP contribution in [0.3, 0.4) is 0 Å². The molecule has 0 saturated heterocycles. The van der Waals surface area contributed by atoms with E-state index in [1.165, 1.54) is 67.0 Å². The van der Waals surface area contributed by atoms with E-state index in [0.29, 0.717) is 0 Å². The fraction of sp³-hybridized carbons (Fsp3) is 0.224. The highest BCUT2D eigenvalue weighted by molar-refractivity contribution is 5.73. The Morgan fingerprint density at radius 2 is 0.608 bits per heavy atom. The second kappa shape index (κ2) is 14.9. The molecule has 0 unspecified atom stereocenters. The Bertz CT molecular complexity index is 1820. The van der Waals surface area contributed by atoms with Crippen molar-refractivity contribution in [3.8, 4) is 0 Å². The van der Waals surface area contributed by atoms with Gasteiger partial charge in [0.05, 0.1) is 6.67 Å². The molecule has 0 spiro atoms. The molecule has 1 aliphatic rings. The van der Waals surface area contributed by atoms with Gasteiger partial charge in [-0.05, 0) is 58.4 Å². The molecule has 256 valence electrons. The molecule has 1 aliphatic heterocycles. The third kappa shape index (κ3) is 7.01. The molecule has 0 saturated carbocycles. The van der Waals surface area contributed by atoms with Crippen molar-refractivity contribution in [2.75, 3.05) is 16.5 Å². The lowest BCUT2D eigenvalue weighted by Gasteiger charge is -2.33. The van der Waals surface area contributed by atoms with Gasteiger partial charge in [-0.25, -0.2) is 0 Å². The standard InChI is InChI=1S/C49H50N2/c1-34-29-44(36(3)40-19-11-7-12-20-40)48(45(30-34)37(4)41-21-13-8-14-22-41)50-27-28-51(33-50)49-46(38(5)42-23-15-9-16-24-42)31-35(2)32-47(49)39(6)43-25-17-10-18-26-43/h7-32,36-39H,33H2,1-6H3/t36-,37-,38-,39-/m1/s1. The molecule has 4 atom stereocenters. The fourth-order valence-corrected chi connectivity index (χ4v) is 8.05. The van der Waals surface area contributed by atoms with Crippen molar-refractivity contribution in [1.82, 2.24) is 0 Å². The first-order chi connectivity index (χ1) is 24.8. The van der Waals surface area contributed by atoms with Crippen molar-refractivity contribution in [3.05, 3.63) is 214 Å². The van der Waals surface area contributed by atoms with Crippen LogP contribution in [0.1, 0.15) is 107 Å². The topological polar surface area (TPSA) is 6.48 Å². The van der Waals surface area contributed by atoms with E-state index in [2.05, 4.69) is 209 Å². The molecule has 0 radical (unpaired) electrons. The third-order valence-corrected chi connectivity index (χ3v) is 11.0. The zero-order valence-corrected chi connectivity index (χ0v) is 30.9. The lowest BCUT2D eigenvalue weighted by atomic mass is 9.83. The number of hydrogen-bond donors (Lipinski definition) is 0. The molecule has 7 rings (SSSR count). The minimum Gasteiger partial charge on any atom is -0.327 e. The predicted octanol–water partition coefficient (Wildman–Crippen LogP) is 12.7. The number of aryl methyl sites for hydroxylation is 2. The lowest BCUT2D eigenvalue weighted by Crippen LogP contribution is -2.29. The second-order valence-electron chi connectivity index (χ2n) is 14.5. The van der Waals surface area contributed by atoms with Gasteiger partial charge in [-0.2, -0.15) is 0 Å². The van der Waals surface area contributed by atoms with Crippen LogP contribution in [-0.4, -0.2) is 6.67 Å². The molecule has 0 aliphatic carbocycles. The second-order valence-corrected chi connectivity index (χ2v) is 14.5. The fourth-order valence-electron chi connectivity index (χ4n) is 8.05. The van der Waals surface area contributed by atoms with Crippen LogP contribution in [0, 0.1) is 13.8 Å². The minimum atomic E-state index is 0.229. The Kier molecular flexibility index (Phi) is 9.95. The van der Waals surface area contributed by atoms with Crippen molar-refractivity contribution in [2.45, 2.75) is 65.2 Å². The first-order valence-corrected chi connectivity index (χ1v) is 18.5. The molecule has 1 heterocycles. The summed E-state index contributed by atoms with van der Waals surface area (Å²) in [4.78, 5) is 5.02. The van der Waals surface area contributed by atoms with Crippen molar-refractivity contribution in [1.29, 1.82) is 0 Å². The summed E-state index contributed by atoms with van der Waals surface area (Å²) in [6, 6.07) is 53.6. The normalized spacial score (nSPS) is 15.1. The van der Waals surface area contributed by atoms with Gasteiger partial charge in [0.25, 0.3) is 0 Å². The van der Waals surface area contributed by atoms with Crippen molar-refractivity contribution < 1.29 is 0 Å². The van der Waals surface area contributed by atoms with Crippen molar-refractivity contribution in [2.24, 2.45) is 0 Å². The maximum atomic E-state index is 2.51. The molecule has 2 nitrogen and oxygen atoms in total. The molecule has 0 bridgehead atoms. The van der Waals surface area contributed by atoms with Crippen LogP contribution < -0.4 is 9.80 Å². The summed E-state index contributed by atoms with van der Waals surface area (Å²) in [5, 5.41) is 0. The first-order valence-electron chi connectivity index (χ1n) is 18.5. The van der Waals surface area contributed by atoms with Gasteiger partial charge in [0.2, 0.25) is 0 Å². The van der Waals surface area contributed by atoms with Crippen molar-refractivity contribution in [3.63, 3.8) is 0 Å². The van der Waals surface area contributed by atoms with Gasteiger partial charge in [0.15, 0.2) is 0 Å². The van der Waals surface area contributed by atoms with Crippen LogP contribution in [0.2, 0.25) is 0 Å².